The normalized spacial score (nSPS) is 14.0. The van der Waals surface area contributed by atoms with E-state index in [4.69, 9.17) is 44.3 Å². The predicted molar refractivity (Wildman–Crippen MR) is 105 cm³/mol. The van der Waals surface area contributed by atoms with Gasteiger partial charge in [0.05, 0.1) is 30.6 Å². The molecule has 1 aliphatic rings. The van der Waals surface area contributed by atoms with Crippen molar-refractivity contribution >= 4 is 58.0 Å². The Morgan fingerprint density at radius 1 is 0.926 bits per heavy atom. The van der Waals surface area contributed by atoms with E-state index in [1.165, 1.54) is 32.4 Å². The highest BCUT2D eigenvalue weighted by Gasteiger charge is 2.40. The molecule has 1 heterocycles. The minimum atomic E-state index is -0.694. The van der Waals surface area contributed by atoms with Gasteiger partial charge in [0.15, 0.2) is 0 Å². The highest BCUT2D eigenvalue weighted by atomic mass is 35.5. The van der Waals surface area contributed by atoms with Gasteiger partial charge in [0.25, 0.3) is 11.8 Å². The third-order valence-corrected chi connectivity index (χ3v) is 4.73. The first-order chi connectivity index (χ1) is 12.9. The van der Waals surface area contributed by atoms with E-state index < -0.39 is 11.8 Å². The number of hydrogen-bond acceptors (Lipinski definition) is 5. The number of hydrogen-bond donors (Lipinski definition) is 1. The molecule has 2 aromatic carbocycles. The molecule has 0 fully saturated rings. The van der Waals surface area contributed by atoms with Crippen LogP contribution < -0.4 is 19.7 Å². The zero-order valence-electron chi connectivity index (χ0n) is 14.2. The zero-order chi connectivity index (χ0) is 19.7. The van der Waals surface area contributed by atoms with Gasteiger partial charge in [-0.25, -0.2) is 4.90 Å². The second-order valence-electron chi connectivity index (χ2n) is 5.42. The summed E-state index contributed by atoms with van der Waals surface area (Å²) in [4.78, 5) is 26.3. The number of nitrogens with one attached hydrogen (secondary N) is 1. The summed E-state index contributed by atoms with van der Waals surface area (Å²) in [6, 6.07) is 9.38. The molecule has 0 saturated heterocycles. The smallest absolute Gasteiger partial charge is 0.283 e. The van der Waals surface area contributed by atoms with Gasteiger partial charge in [0.1, 0.15) is 22.2 Å². The molecule has 0 unspecified atom stereocenters. The molecular formula is C18H13Cl3N2O4. The molecule has 0 radical (unpaired) electrons. The standard InChI is InChI=1S/C18H13Cl3N2O4/c1-26-10-4-5-12(14(8-10)27-2)22-16-15(21)17(24)23(18(16)25)13-6-3-9(19)7-11(13)20/h3-8,22H,1-2H3. The summed E-state index contributed by atoms with van der Waals surface area (Å²) < 4.78 is 10.4. The minimum Gasteiger partial charge on any atom is -0.497 e. The summed E-state index contributed by atoms with van der Waals surface area (Å²) in [6.45, 7) is 0. The lowest BCUT2D eigenvalue weighted by molar-refractivity contribution is -0.120. The van der Waals surface area contributed by atoms with Gasteiger partial charge < -0.3 is 14.8 Å². The average molecular weight is 428 g/mol. The van der Waals surface area contributed by atoms with E-state index in [-0.39, 0.29) is 21.4 Å². The SMILES string of the molecule is COc1ccc(NC2=C(Cl)C(=O)N(c3ccc(Cl)cc3Cl)C2=O)c(OC)c1. The molecule has 0 aromatic heterocycles. The molecule has 1 N–H and O–H groups in total. The van der Waals surface area contributed by atoms with Gasteiger partial charge in [0, 0.05) is 11.1 Å². The molecule has 27 heavy (non-hydrogen) atoms. The van der Waals surface area contributed by atoms with E-state index in [0.717, 1.165) is 4.90 Å². The van der Waals surface area contributed by atoms with Gasteiger partial charge >= 0.3 is 0 Å². The molecule has 9 heteroatoms. The van der Waals surface area contributed by atoms with E-state index >= 15 is 0 Å². The first-order valence-electron chi connectivity index (χ1n) is 7.60. The van der Waals surface area contributed by atoms with Crippen LogP contribution in [0.2, 0.25) is 10.0 Å². The van der Waals surface area contributed by atoms with Crippen LogP contribution >= 0.6 is 34.8 Å². The summed E-state index contributed by atoms with van der Waals surface area (Å²) in [6.07, 6.45) is 0. The first-order valence-corrected chi connectivity index (χ1v) is 8.73. The van der Waals surface area contributed by atoms with Crippen LogP contribution in [0.5, 0.6) is 11.5 Å². The zero-order valence-corrected chi connectivity index (χ0v) is 16.4. The Balaban J connectivity index is 1.96. The maximum Gasteiger partial charge on any atom is 0.283 e. The Kier molecular flexibility index (Phi) is 5.51. The van der Waals surface area contributed by atoms with Gasteiger partial charge in [-0.2, -0.15) is 0 Å². The fraction of sp³-hybridized carbons (Fsp3) is 0.111. The van der Waals surface area contributed by atoms with E-state index in [1.54, 1.807) is 18.2 Å². The maximum atomic E-state index is 12.8. The lowest BCUT2D eigenvalue weighted by Gasteiger charge is -2.17. The van der Waals surface area contributed by atoms with Gasteiger partial charge in [0.2, 0.25) is 0 Å². The highest BCUT2D eigenvalue weighted by molar-refractivity contribution is 6.54. The third-order valence-electron chi connectivity index (χ3n) is 3.85. The quantitative estimate of drug-likeness (QED) is 0.714. The topological polar surface area (TPSA) is 67.9 Å². The first kappa shape index (κ1) is 19.4. The van der Waals surface area contributed by atoms with Crippen LogP contribution in [0.3, 0.4) is 0 Å². The average Bonchev–Trinajstić information content (AvgIpc) is 2.86. The molecular weight excluding hydrogens is 415 g/mol. The Bertz CT molecular complexity index is 975. The Morgan fingerprint density at radius 2 is 1.67 bits per heavy atom. The maximum absolute atomic E-state index is 12.8. The molecule has 0 saturated carbocycles. The van der Waals surface area contributed by atoms with Gasteiger partial charge in [-0.05, 0) is 30.3 Å². The minimum absolute atomic E-state index is 0.0869. The number of rotatable bonds is 5. The number of imide groups is 1. The van der Waals surface area contributed by atoms with Gasteiger partial charge in [-0.1, -0.05) is 34.8 Å². The summed E-state index contributed by atoms with van der Waals surface area (Å²) >= 11 is 18.1. The van der Waals surface area contributed by atoms with Crippen molar-refractivity contribution in [3.63, 3.8) is 0 Å². The van der Waals surface area contributed by atoms with Crippen LogP contribution in [-0.2, 0) is 9.59 Å². The van der Waals surface area contributed by atoms with Crippen LogP contribution in [-0.4, -0.2) is 26.0 Å². The molecule has 3 rings (SSSR count). The predicted octanol–water partition coefficient (Wildman–Crippen LogP) is 4.45. The van der Waals surface area contributed by atoms with Crippen molar-refractivity contribution in [2.24, 2.45) is 0 Å². The largest absolute Gasteiger partial charge is 0.497 e. The molecule has 6 nitrogen and oxygen atoms in total. The highest BCUT2D eigenvalue weighted by Crippen LogP contribution is 2.37. The van der Waals surface area contributed by atoms with Crippen molar-refractivity contribution in [1.82, 2.24) is 0 Å². The third kappa shape index (κ3) is 3.56. The molecule has 1 aliphatic heterocycles. The van der Waals surface area contributed by atoms with Crippen LogP contribution in [0, 0.1) is 0 Å². The number of ether oxygens (including phenoxy) is 2. The number of carbonyl (C=O) groups is 2. The molecule has 0 aliphatic carbocycles. The fourth-order valence-corrected chi connectivity index (χ4v) is 3.23. The van der Waals surface area contributed by atoms with Gasteiger partial charge in [-0.3, -0.25) is 9.59 Å². The second kappa shape index (κ2) is 7.68. The lowest BCUT2D eigenvalue weighted by atomic mass is 10.2. The number of amides is 2. The van der Waals surface area contributed by atoms with Crippen molar-refractivity contribution in [2.75, 3.05) is 24.4 Å². The Hall–Kier alpha value is -2.41. The molecule has 2 aromatic rings. The van der Waals surface area contributed by atoms with Crippen molar-refractivity contribution in [3.05, 3.63) is 57.2 Å². The van der Waals surface area contributed by atoms with E-state index in [9.17, 15) is 9.59 Å². The van der Waals surface area contributed by atoms with Crippen LogP contribution in [0.15, 0.2) is 47.1 Å². The second-order valence-corrected chi connectivity index (χ2v) is 6.64. The number of anilines is 2. The number of benzene rings is 2. The Morgan fingerprint density at radius 3 is 2.30 bits per heavy atom. The summed E-state index contributed by atoms with van der Waals surface area (Å²) in [5.41, 5.74) is 0.542. The van der Waals surface area contributed by atoms with Crippen molar-refractivity contribution < 1.29 is 19.1 Å². The fourth-order valence-electron chi connectivity index (χ4n) is 2.53. The van der Waals surface area contributed by atoms with Crippen LogP contribution in [0.25, 0.3) is 0 Å². The number of methoxy groups -OCH3 is 2. The monoisotopic (exact) mass is 426 g/mol. The molecule has 140 valence electrons. The van der Waals surface area contributed by atoms with Gasteiger partial charge in [-0.15, -0.1) is 0 Å². The molecule has 0 atom stereocenters. The number of carbonyl (C=O) groups excluding carboxylic acids is 2. The lowest BCUT2D eigenvalue weighted by Crippen LogP contribution is -2.32. The van der Waals surface area contributed by atoms with Crippen molar-refractivity contribution in [2.45, 2.75) is 0 Å². The van der Waals surface area contributed by atoms with E-state index in [2.05, 4.69) is 5.32 Å². The summed E-state index contributed by atoms with van der Waals surface area (Å²) in [7, 11) is 2.99. The molecule has 2 amide bonds. The molecule has 0 bridgehead atoms. The Labute approximate surface area is 170 Å². The summed E-state index contributed by atoms with van der Waals surface area (Å²) in [5, 5.41) is 3.13. The van der Waals surface area contributed by atoms with E-state index in [0.29, 0.717) is 22.2 Å². The number of halogens is 3. The van der Waals surface area contributed by atoms with Crippen molar-refractivity contribution in [1.29, 1.82) is 0 Å². The number of nitrogens with zero attached hydrogens (tertiary/aromatic N) is 1. The van der Waals surface area contributed by atoms with Crippen LogP contribution in [0.1, 0.15) is 0 Å². The molecule has 0 spiro atoms. The van der Waals surface area contributed by atoms with E-state index in [1.807, 2.05) is 0 Å². The van der Waals surface area contributed by atoms with Crippen LogP contribution in [0.4, 0.5) is 11.4 Å². The summed E-state index contributed by atoms with van der Waals surface area (Å²) in [5.74, 6) is -0.358. The van der Waals surface area contributed by atoms with Crippen molar-refractivity contribution in [3.8, 4) is 11.5 Å².